The second-order valence-electron chi connectivity index (χ2n) is 5.82. The Bertz CT molecular complexity index is 628. The fraction of sp³-hybridized carbons (Fsp3) is 0.263. The SMILES string of the molecule is CC1=Cc2c(cccc2-c2ccc(C(C)C)cc2)C1. The molecule has 0 N–H and O–H groups in total. The van der Waals surface area contributed by atoms with Gasteiger partial charge in [-0.15, -0.1) is 0 Å². The Morgan fingerprint density at radius 3 is 2.37 bits per heavy atom. The van der Waals surface area contributed by atoms with Crippen LogP contribution in [0.25, 0.3) is 17.2 Å². The predicted molar refractivity (Wildman–Crippen MR) is 83.3 cm³/mol. The molecule has 0 unspecified atom stereocenters. The van der Waals surface area contributed by atoms with E-state index in [0.29, 0.717) is 5.92 Å². The topological polar surface area (TPSA) is 0 Å². The summed E-state index contributed by atoms with van der Waals surface area (Å²) in [5.74, 6) is 0.595. The summed E-state index contributed by atoms with van der Waals surface area (Å²) in [4.78, 5) is 0. The molecule has 0 heteroatoms. The molecule has 0 saturated heterocycles. The van der Waals surface area contributed by atoms with E-state index in [1.165, 1.54) is 33.4 Å². The normalized spacial score (nSPS) is 13.6. The summed E-state index contributed by atoms with van der Waals surface area (Å²) in [5.41, 5.74) is 8.43. The zero-order chi connectivity index (χ0) is 13.4. The van der Waals surface area contributed by atoms with Crippen molar-refractivity contribution in [3.63, 3.8) is 0 Å². The van der Waals surface area contributed by atoms with Crippen molar-refractivity contribution in [2.45, 2.75) is 33.1 Å². The van der Waals surface area contributed by atoms with Gasteiger partial charge in [0.2, 0.25) is 0 Å². The van der Waals surface area contributed by atoms with Crippen LogP contribution in [0.3, 0.4) is 0 Å². The van der Waals surface area contributed by atoms with Gasteiger partial charge < -0.3 is 0 Å². The van der Waals surface area contributed by atoms with E-state index in [1.807, 2.05) is 0 Å². The summed E-state index contributed by atoms with van der Waals surface area (Å²) in [6, 6.07) is 15.7. The lowest BCUT2D eigenvalue weighted by molar-refractivity contribution is 0.867. The Hall–Kier alpha value is -1.82. The summed E-state index contributed by atoms with van der Waals surface area (Å²) in [7, 11) is 0. The Balaban J connectivity index is 2.06. The molecule has 19 heavy (non-hydrogen) atoms. The molecule has 0 fully saturated rings. The van der Waals surface area contributed by atoms with Gasteiger partial charge in [0.1, 0.15) is 0 Å². The third-order valence-electron chi connectivity index (χ3n) is 3.94. The zero-order valence-electron chi connectivity index (χ0n) is 11.9. The average Bonchev–Trinajstić information content (AvgIpc) is 2.78. The van der Waals surface area contributed by atoms with E-state index in [4.69, 9.17) is 0 Å². The molecule has 0 heterocycles. The van der Waals surface area contributed by atoms with Crippen molar-refractivity contribution in [1.82, 2.24) is 0 Å². The van der Waals surface area contributed by atoms with Crippen molar-refractivity contribution >= 4 is 6.08 Å². The minimum absolute atomic E-state index is 0.595. The van der Waals surface area contributed by atoms with Gasteiger partial charge in [0.25, 0.3) is 0 Å². The van der Waals surface area contributed by atoms with Crippen LogP contribution < -0.4 is 0 Å². The lowest BCUT2D eigenvalue weighted by Gasteiger charge is -2.10. The van der Waals surface area contributed by atoms with E-state index in [0.717, 1.165) is 6.42 Å². The highest BCUT2D eigenvalue weighted by Crippen LogP contribution is 2.34. The molecule has 0 spiro atoms. The van der Waals surface area contributed by atoms with Gasteiger partial charge in [0, 0.05) is 0 Å². The Morgan fingerprint density at radius 2 is 1.68 bits per heavy atom. The van der Waals surface area contributed by atoms with Crippen molar-refractivity contribution < 1.29 is 0 Å². The molecule has 0 amide bonds. The number of hydrogen-bond donors (Lipinski definition) is 0. The highest BCUT2D eigenvalue weighted by molar-refractivity contribution is 5.80. The minimum atomic E-state index is 0.595. The molecule has 0 aromatic heterocycles. The van der Waals surface area contributed by atoms with Crippen molar-refractivity contribution in [2.75, 3.05) is 0 Å². The third kappa shape index (κ3) is 2.23. The Morgan fingerprint density at radius 1 is 0.947 bits per heavy atom. The molecule has 96 valence electrons. The van der Waals surface area contributed by atoms with Gasteiger partial charge in [0.05, 0.1) is 0 Å². The molecule has 0 saturated carbocycles. The summed E-state index contributed by atoms with van der Waals surface area (Å²) in [6.45, 7) is 6.69. The molecular formula is C19H20. The monoisotopic (exact) mass is 248 g/mol. The highest BCUT2D eigenvalue weighted by atomic mass is 14.2. The van der Waals surface area contributed by atoms with Gasteiger partial charge in [-0.1, -0.05) is 68.0 Å². The average molecular weight is 248 g/mol. The van der Waals surface area contributed by atoms with Crippen LogP contribution in [0.5, 0.6) is 0 Å². The smallest absolute Gasteiger partial charge is 0.00604 e. The molecule has 2 aromatic carbocycles. The first-order chi connectivity index (χ1) is 9.15. The maximum Gasteiger partial charge on any atom is -0.00604 e. The quantitative estimate of drug-likeness (QED) is 0.664. The Kier molecular flexibility index (Phi) is 3.02. The standard InChI is InChI=1S/C19H20/c1-13(2)15-7-9-16(10-8-15)18-6-4-5-17-11-14(3)12-19(17)18/h4-10,12-13H,11H2,1-3H3. The van der Waals surface area contributed by atoms with E-state index in [2.05, 4.69) is 69.3 Å². The van der Waals surface area contributed by atoms with Crippen molar-refractivity contribution in [2.24, 2.45) is 0 Å². The maximum absolute atomic E-state index is 2.33. The summed E-state index contributed by atoms with van der Waals surface area (Å²) >= 11 is 0. The molecule has 1 aliphatic carbocycles. The van der Waals surface area contributed by atoms with E-state index in [-0.39, 0.29) is 0 Å². The Labute approximate surface area is 115 Å². The first-order valence-corrected chi connectivity index (χ1v) is 7.04. The van der Waals surface area contributed by atoms with Crippen LogP contribution >= 0.6 is 0 Å². The predicted octanol–water partition coefficient (Wildman–Crippen LogP) is 5.44. The van der Waals surface area contributed by atoms with Gasteiger partial charge >= 0.3 is 0 Å². The first kappa shape index (κ1) is 12.2. The second kappa shape index (κ2) is 4.70. The van der Waals surface area contributed by atoms with E-state index >= 15 is 0 Å². The van der Waals surface area contributed by atoms with Gasteiger partial charge in [-0.25, -0.2) is 0 Å². The second-order valence-corrected chi connectivity index (χ2v) is 5.82. The highest BCUT2D eigenvalue weighted by Gasteiger charge is 2.14. The van der Waals surface area contributed by atoms with Gasteiger partial charge in [-0.2, -0.15) is 0 Å². The summed E-state index contributed by atoms with van der Waals surface area (Å²) < 4.78 is 0. The molecule has 0 nitrogen and oxygen atoms in total. The van der Waals surface area contributed by atoms with Crippen LogP contribution in [0.1, 0.15) is 43.4 Å². The van der Waals surface area contributed by atoms with E-state index in [9.17, 15) is 0 Å². The van der Waals surface area contributed by atoms with Crippen molar-refractivity contribution in [1.29, 1.82) is 0 Å². The lowest BCUT2D eigenvalue weighted by Crippen LogP contribution is -1.89. The minimum Gasteiger partial charge on any atom is -0.0683 e. The number of allylic oxidation sites excluding steroid dienone is 1. The van der Waals surface area contributed by atoms with E-state index < -0.39 is 0 Å². The number of fused-ring (bicyclic) bond motifs is 1. The molecular weight excluding hydrogens is 228 g/mol. The molecule has 0 atom stereocenters. The van der Waals surface area contributed by atoms with Crippen LogP contribution in [0.15, 0.2) is 48.0 Å². The molecule has 3 rings (SSSR count). The zero-order valence-corrected chi connectivity index (χ0v) is 11.9. The number of rotatable bonds is 2. The summed E-state index contributed by atoms with van der Waals surface area (Å²) in [5, 5.41) is 0. The van der Waals surface area contributed by atoms with E-state index in [1.54, 1.807) is 0 Å². The van der Waals surface area contributed by atoms with Gasteiger partial charge in [0.15, 0.2) is 0 Å². The number of benzene rings is 2. The molecule has 0 aliphatic heterocycles. The largest absolute Gasteiger partial charge is 0.0683 e. The van der Waals surface area contributed by atoms with Crippen LogP contribution in [-0.2, 0) is 6.42 Å². The van der Waals surface area contributed by atoms with Crippen molar-refractivity contribution in [3.8, 4) is 11.1 Å². The van der Waals surface area contributed by atoms with Crippen molar-refractivity contribution in [3.05, 3.63) is 64.7 Å². The van der Waals surface area contributed by atoms with Gasteiger partial charge in [-0.05, 0) is 47.1 Å². The lowest BCUT2D eigenvalue weighted by atomic mass is 9.94. The van der Waals surface area contributed by atoms with Gasteiger partial charge in [-0.3, -0.25) is 0 Å². The van der Waals surface area contributed by atoms with Crippen LogP contribution in [0, 0.1) is 0 Å². The molecule has 2 aromatic rings. The third-order valence-corrected chi connectivity index (χ3v) is 3.94. The van der Waals surface area contributed by atoms with Crippen LogP contribution in [-0.4, -0.2) is 0 Å². The fourth-order valence-electron chi connectivity index (χ4n) is 2.83. The van der Waals surface area contributed by atoms with Crippen LogP contribution in [0.2, 0.25) is 0 Å². The van der Waals surface area contributed by atoms with Crippen LogP contribution in [0.4, 0.5) is 0 Å². The molecule has 0 radical (unpaired) electrons. The maximum atomic E-state index is 2.33. The first-order valence-electron chi connectivity index (χ1n) is 7.04. The molecule has 0 bridgehead atoms. The summed E-state index contributed by atoms with van der Waals surface area (Å²) in [6.07, 6.45) is 3.44. The molecule has 1 aliphatic rings. The fourth-order valence-corrected chi connectivity index (χ4v) is 2.83. The number of hydrogen-bond acceptors (Lipinski definition) is 0.